The number of ether oxygens (including phenoxy) is 1. The molecular formula is C14H20ClNO2S. The van der Waals surface area contributed by atoms with Crippen molar-refractivity contribution in [2.45, 2.75) is 36.8 Å². The number of methoxy groups -OCH3 is 1. The van der Waals surface area contributed by atoms with Gasteiger partial charge in [0.15, 0.2) is 0 Å². The number of thioether (sulfide) groups is 1. The lowest BCUT2D eigenvalue weighted by Gasteiger charge is -2.24. The molecule has 1 aromatic carbocycles. The topological polar surface area (TPSA) is 52.3 Å². The molecule has 0 saturated heterocycles. The standard InChI is InChI=1S/C14H20ClNO2S/c1-10(8-14(2,16)13(17)18-3)19-9-11-4-6-12(15)7-5-11/h4-7,10H,8-9,16H2,1-3H3. The quantitative estimate of drug-likeness (QED) is 0.820. The minimum Gasteiger partial charge on any atom is -0.468 e. The van der Waals surface area contributed by atoms with E-state index in [1.165, 1.54) is 12.7 Å². The molecule has 2 unspecified atom stereocenters. The molecule has 3 nitrogen and oxygen atoms in total. The Morgan fingerprint density at radius 2 is 2.05 bits per heavy atom. The van der Waals surface area contributed by atoms with Crippen LogP contribution in [0.15, 0.2) is 24.3 Å². The smallest absolute Gasteiger partial charge is 0.325 e. The molecule has 2 N–H and O–H groups in total. The van der Waals surface area contributed by atoms with Crippen LogP contribution in [0.2, 0.25) is 5.02 Å². The molecule has 0 amide bonds. The number of halogens is 1. The van der Waals surface area contributed by atoms with E-state index in [1.54, 1.807) is 18.7 Å². The fourth-order valence-corrected chi connectivity index (χ4v) is 3.05. The summed E-state index contributed by atoms with van der Waals surface area (Å²) >= 11 is 7.60. The first kappa shape index (κ1) is 16.3. The van der Waals surface area contributed by atoms with Crippen LogP contribution < -0.4 is 5.73 Å². The van der Waals surface area contributed by atoms with Crippen LogP contribution in [-0.2, 0) is 15.3 Å². The third-order valence-electron chi connectivity index (χ3n) is 2.81. The summed E-state index contributed by atoms with van der Waals surface area (Å²) in [6, 6.07) is 7.77. The van der Waals surface area contributed by atoms with E-state index in [-0.39, 0.29) is 11.2 Å². The molecule has 1 rings (SSSR count). The molecule has 2 atom stereocenters. The van der Waals surface area contributed by atoms with E-state index in [0.29, 0.717) is 6.42 Å². The summed E-state index contributed by atoms with van der Waals surface area (Å²) in [5.41, 5.74) is 6.23. The number of rotatable bonds is 6. The highest BCUT2D eigenvalue weighted by Gasteiger charge is 2.31. The fraction of sp³-hybridized carbons (Fsp3) is 0.500. The van der Waals surface area contributed by atoms with Gasteiger partial charge < -0.3 is 10.5 Å². The number of esters is 1. The fourth-order valence-electron chi connectivity index (χ4n) is 1.79. The van der Waals surface area contributed by atoms with E-state index >= 15 is 0 Å². The summed E-state index contributed by atoms with van der Waals surface area (Å²) in [6.07, 6.45) is 0.581. The maximum absolute atomic E-state index is 11.5. The van der Waals surface area contributed by atoms with Gasteiger partial charge in [-0.15, -0.1) is 0 Å². The Bertz CT molecular complexity index is 420. The van der Waals surface area contributed by atoms with Crippen molar-refractivity contribution in [1.29, 1.82) is 0 Å². The van der Waals surface area contributed by atoms with E-state index in [0.717, 1.165) is 10.8 Å². The van der Waals surface area contributed by atoms with Gasteiger partial charge in [-0.1, -0.05) is 30.7 Å². The van der Waals surface area contributed by atoms with Crippen LogP contribution in [0.5, 0.6) is 0 Å². The Balaban J connectivity index is 2.45. The first-order chi connectivity index (χ1) is 8.85. The molecule has 0 aliphatic rings. The number of nitrogens with two attached hydrogens (primary N) is 1. The maximum atomic E-state index is 11.5. The predicted molar refractivity (Wildman–Crippen MR) is 81.4 cm³/mol. The highest BCUT2D eigenvalue weighted by molar-refractivity contribution is 7.99. The lowest BCUT2D eigenvalue weighted by atomic mass is 9.98. The summed E-state index contributed by atoms with van der Waals surface area (Å²) in [5, 5.41) is 1.01. The highest BCUT2D eigenvalue weighted by Crippen LogP contribution is 2.25. The molecule has 0 aliphatic heterocycles. The van der Waals surface area contributed by atoms with Crippen LogP contribution in [0.4, 0.5) is 0 Å². The second-order valence-corrected chi connectivity index (χ2v) is 6.72. The lowest BCUT2D eigenvalue weighted by Crippen LogP contribution is -2.47. The lowest BCUT2D eigenvalue weighted by molar-refractivity contribution is -0.146. The average molecular weight is 302 g/mol. The van der Waals surface area contributed by atoms with Crippen LogP contribution in [-0.4, -0.2) is 23.9 Å². The molecule has 0 aliphatic carbocycles. The minimum absolute atomic E-state index is 0.268. The van der Waals surface area contributed by atoms with Crippen LogP contribution >= 0.6 is 23.4 Å². The van der Waals surface area contributed by atoms with E-state index < -0.39 is 5.54 Å². The SMILES string of the molecule is COC(=O)C(C)(N)CC(C)SCc1ccc(Cl)cc1. The first-order valence-electron chi connectivity index (χ1n) is 6.08. The average Bonchev–Trinajstić information content (AvgIpc) is 2.36. The predicted octanol–water partition coefficient (Wildman–Crippen LogP) is 3.24. The molecule has 0 spiro atoms. The van der Waals surface area contributed by atoms with Crippen LogP contribution in [0.25, 0.3) is 0 Å². The Labute approximate surface area is 123 Å². The Morgan fingerprint density at radius 1 is 1.47 bits per heavy atom. The van der Waals surface area contributed by atoms with Crippen LogP contribution in [0, 0.1) is 0 Å². The van der Waals surface area contributed by atoms with Crippen molar-refractivity contribution in [3.63, 3.8) is 0 Å². The minimum atomic E-state index is -0.929. The second kappa shape index (κ2) is 7.17. The number of hydrogen-bond donors (Lipinski definition) is 1. The molecule has 0 radical (unpaired) electrons. The van der Waals surface area contributed by atoms with Gasteiger partial charge in [-0.25, -0.2) is 0 Å². The molecule has 0 fully saturated rings. The van der Waals surface area contributed by atoms with Crippen molar-refractivity contribution in [3.05, 3.63) is 34.9 Å². The van der Waals surface area contributed by atoms with Crippen LogP contribution in [0.1, 0.15) is 25.8 Å². The van der Waals surface area contributed by atoms with Gasteiger partial charge in [0, 0.05) is 16.0 Å². The van der Waals surface area contributed by atoms with Gasteiger partial charge in [0.25, 0.3) is 0 Å². The summed E-state index contributed by atoms with van der Waals surface area (Å²) < 4.78 is 4.70. The van der Waals surface area contributed by atoms with Crippen molar-refractivity contribution >= 4 is 29.3 Å². The normalized spacial score (nSPS) is 15.6. The van der Waals surface area contributed by atoms with Gasteiger partial charge >= 0.3 is 5.97 Å². The number of carbonyl (C=O) groups excluding carboxylic acids is 1. The maximum Gasteiger partial charge on any atom is 0.325 e. The third-order valence-corrected chi connectivity index (χ3v) is 4.30. The summed E-state index contributed by atoms with van der Waals surface area (Å²) in [4.78, 5) is 11.5. The molecule has 5 heteroatoms. The molecule has 0 saturated carbocycles. The van der Waals surface area contributed by atoms with Crippen molar-refractivity contribution < 1.29 is 9.53 Å². The Hall–Kier alpha value is -0.710. The summed E-state index contributed by atoms with van der Waals surface area (Å²) in [5.74, 6) is 0.502. The molecule has 0 heterocycles. The molecule has 0 bridgehead atoms. The molecule has 1 aromatic rings. The molecule has 0 aromatic heterocycles. The zero-order chi connectivity index (χ0) is 14.5. The zero-order valence-electron chi connectivity index (χ0n) is 11.5. The monoisotopic (exact) mass is 301 g/mol. The number of carbonyl (C=O) groups is 1. The molecule has 19 heavy (non-hydrogen) atoms. The van der Waals surface area contributed by atoms with Crippen molar-refractivity contribution in [2.75, 3.05) is 7.11 Å². The van der Waals surface area contributed by atoms with Crippen molar-refractivity contribution in [2.24, 2.45) is 5.73 Å². The molecular weight excluding hydrogens is 282 g/mol. The van der Waals surface area contributed by atoms with E-state index in [2.05, 4.69) is 6.92 Å². The van der Waals surface area contributed by atoms with Crippen molar-refractivity contribution in [3.8, 4) is 0 Å². The Kier molecular flexibility index (Phi) is 6.17. The van der Waals surface area contributed by atoms with Gasteiger partial charge in [-0.05, 0) is 31.0 Å². The van der Waals surface area contributed by atoms with Gasteiger partial charge in [0.05, 0.1) is 7.11 Å². The van der Waals surface area contributed by atoms with Gasteiger partial charge in [0.2, 0.25) is 0 Å². The van der Waals surface area contributed by atoms with E-state index in [9.17, 15) is 4.79 Å². The third kappa shape index (κ3) is 5.43. The van der Waals surface area contributed by atoms with E-state index in [4.69, 9.17) is 22.1 Å². The largest absolute Gasteiger partial charge is 0.468 e. The first-order valence-corrected chi connectivity index (χ1v) is 7.51. The van der Waals surface area contributed by atoms with E-state index in [1.807, 2.05) is 24.3 Å². The summed E-state index contributed by atoms with van der Waals surface area (Å²) in [7, 11) is 1.36. The second-order valence-electron chi connectivity index (χ2n) is 4.86. The van der Waals surface area contributed by atoms with Gasteiger partial charge in [-0.2, -0.15) is 11.8 Å². The highest BCUT2D eigenvalue weighted by atomic mass is 35.5. The van der Waals surface area contributed by atoms with Crippen molar-refractivity contribution in [1.82, 2.24) is 0 Å². The van der Waals surface area contributed by atoms with Gasteiger partial charge in [-0.3, -0.25) is 4.79 Å². The van der Waals surface area contributed by atoms with Crippen LogP contribution in [0.3, 0.4) is 0 Å². The number of benzene rings is 1. The molecule has 106 valence electrons. The Morgan fingerprint density at radius 3 is 2.58 bits per heavy atom. The van der Waals surface area contributed by atoms with Gasteiger partial charge in [0.1, 0.15) is 5.54 Å². The zero-order valence-corrected chi connectivity index (χ0v) is 13.1. The summed E-state index contributed by atoms with van der Waals surface area (Å²) in [6.45, 7) is 3.77. The number of hydrogen-bond acceptors (Lipinski definition) is 4.